The first-order valence-corrected chi connectivity index (χ1v) is 7.43. The molecule has 0 amide bonds. The van der Waals surface area contributed by atoms with Gasteiger partial charge in [0.05, 0.1) is 5.69 Å². The van der Waals surface area contributed by atoms with Gasteiger partial charge in [0.1, 0.15) is 0 Å². The van der Waals surface area contributed by atoms with Crippen LogP contribution in [0.2, 0.25) is 0 Å². The third-order valence-corrected chi connectivity index (χ3v) is 5.51. The van der Waals surface area contributed by atoms with Crippen molar-refractivity contribution >= 4 is 15.2 Å². The lowest BCUT2D eigenvalue weighted by atomic mass is 10.3. The van der Waals surface area contributed by atoms with E-state index in [9.17, 15) is 9.13 Å². The Labute approximate surface area is 90.7 Å². The van der Waals surface area contributed by atoms with Crippen LogP contribution in [0.4, 0.5) is 0 Å². The standard InChI is InChI=1S/C6H10N2O6P2/c9-15(10,11)6(16(12,13)14)3-5-4-7-1-2-8-5/h1-2,4,6H,3H2,(H2,9,10,11)(H2,12,13,14). The number of hydrogen-bond acceptors (Lipinski definition) is 4. The van der Waals surface area contributed by atoms with Crippen molar-refractivity contribution in [1.82, 2.24) is 9.97 Å². The Kier molecular flexibility index (Phi) is 3.96. The molecule has 0 radical (unpaired) electrons. The normalized spacial score (nSPS) is 13.1. The molecule has 0 saturated carbocycles. The summed E-state index contributed by atoms with van der Waals surface area (Å²) in [7, 11) is -9.79. The molecule has 0 aromatic carbocycles. The smallest absolute Gasteiger partial charge is 0.324 e. The first-order chi connectivity index (χ1) is 7.21. The van der Waals surface area contributed by atoms with Gasteiger partial charge in [0.2, 0.25) is 0 Å². The van der Waals surface area contributed by atoms with Crippen molar-refractivity contribution < 1.29 is 28.7 Å². The Morgan fingerprint density at radius 1 is 1.12 bits per heavy atom. The van der Waals surface area contributed by atoms with E-state index in [1.807, 2.05) is 0 Å². The van der Waals surface area contributed by atoms with Gasteiger partial charge in [0.15, 0.2) is 5.40 Å². The van der Waals surface area contributed by atoms with E-state index in [2.05, 4.69) is 9.97 Å². The summed E-state index contributed by atoms with van der Waals surface area (Å²) in [6.07, 6.45) is 3.28. The number of aromatic nitrogens is 2. The maximum absolute atomic E-state index is 10.9. The van der Waals surface area contributed by atoms with E-state index in [4.69, 9.17) is 19.6 Å². The third kappa shape index (κ3) is 3.75. The molecule has 0 fully saturated rings. The molecule has 8 nitrogen and oxygen atoms in total. The average molecular weight is 268 g/mol. The average Bonchev–Trinajstić information content (AvgIpc) is 2.12. The minimum atomic E-state index is -4.89. The molecule has 4 N–H and O–H groups in total. The highest BCUT2D eigenvalue weighted by molar-refractivity contribution is 7.70. The van der Waals surface area contributed by atoms with Crippen LogP contribution in [0.5, 0.6) is 0 Å². The van der Waals surface area contributed by atoms with Crippen LogP contribution >= 0.6 is 15.2 Å². The molecule has 16 heavy (non-hydrogen) atoms. The highest BCUT2D eigenvalue weighted by Crippen LogP contribution is 2.60. The zero-order valence-electron chi connectivity index (χ0n) is 7.91. The van der Waals surface area contributed by atoms with Crippen LogP contribution in [-0.4, -0.2) is 34.9 Å². The zero-order valence-corrected chi connectivity index (χ0v) is 9.70. The molecule has 0 unspecified atom stereocenters. The van der Waals surface area contributed by atoms with Crippen molar-refractivity contribution in [3.63, 3.8) is 0 Å². The van der Waals surface area contributed by atoms with Gasteiger partial charge in [-0.15, -0.1) is 0 Å². The van der Waals surface area contributed by atoms with Crippen LogP contribution in [0, 0.1) is 0 Å². The van der Waals surface area contributed by atoms with E-state index in [-0.39, 0.29) is 5.69 Å². The van der Waals surface area contributed by atoms with E-state index in [0.717, 1.165) is 0 Å². The molecule has 0 aliphatic carbocycles. The second kappa shape index (κ2) is 4.71. The Morgan fingerprint density at radius 2 is 1.69 bits per heavy atom. The first kappa shape index (κ1) is 13.4. The Hall–Kier alpha value is -0.620. The molecule has 0 aliphatic rings. The molecule has 1 aromatic heterocycles. The largest absolute Gasteiger partial charge is 0.341 e. The fourth-order valence-electron chi connectivity index (χ4n) is 1.06. The molecule has 0 spiro atoms. The predicted octanol–water partition coefficient (Wildman–Crippen LogP) is -0.299. The molecule has 0 saturated heterocycles. The summed E-state index contributed by atoms with van der Waals surface area (Å²) < 4.78 is 21.9. The topological polar surface area (TPSA) is 141 Å². The third-order valence-electron chi connectivity index (χ3n) is 1.78. The maximum Gasteiger partial charge on any atom is 0.341 e. The van der Waals surface area contributed by atoms with Gasteiger partial charge in [-0.25, -0.2) is 0 Å². The van der Waals surface area contributed by atoms with Gasteiger partial charge in [0.25, 0.3) is 0 Å². The second-order valence-electron chi connectivity index (χ2n) is 3.06. The van der Waals surface area contributed by atoms with Crippen molar-refractivity contribution in [3.8, 4) is 0 Å². The summed E-state index contributed by atoms with van der Waals surface area (Å²) >= 11 is 0. The van der Waals surface area contributed by atoms with Gasteiger partial charge in [-0.3, -0.25) is 19.1 Å². The zero-order chi connectivity index (χ0) is 12.4. The summed E-state index contributed by atoms with van der Waals surface area (Å²) in [6, 6.07) is 0. The molecule has 10 heteroatoms. The molecular weight excluding hydrogens is 258 g/mol. The van der Waals surface area contributed by atoms with Gasteiger partial charge in [-0.1, -0.05) is 0 Å². The van der Waals surface area contributed by atoms with Gasteiger partial charge in [-0.05, 0) is 0 Å². The van der Waals surface area contributed by atoms with Gasteiger partial charge < -0.3 is 19.6 Å². The van der Waals surface area contributed by atoms with Gasteiger partial charge >= 0.3 is 15.2 Å². The van der Waals surface area contributed by atoms with E-state index in [0.29, 0.717) is 0 Å². The van der Waals surface area contributed by atoms with Crippen molar-refractivity contribution in [2.75, 3.05) is 0 Å². The summed E-state index contributed by atoms with van der Waals surface area (Å²) in [6.45, 7) is 0. The lowest BCUT2D eigenvalue weighted by Crippen LogP contribution is -2.13. The fourth-order valence-corrected chi connectivity index (χ4v) is 3.47. The Bertz CT molecular complexity index is 418. The van der Waals surface area contributed by atoms with E-state index < -0.39 is 27.0 Å². The Balaban J connectivity index is 2.99. The number of rotatable bonds is 4. The molecule has 1 aromatic rings. The molecule has 0 bridgehead atoms. The molecule has 0 atom stereocenters. The van der Waals surface area contributed by atoms with Crippen LogP contribution in [0.25, 0.3) is 0 Å². The van der Waals surface area contributed by atoms with Crippen LogP contribution in [0.15, 0.2) is 18.6 Å². The van der Waals surface area contributed by atoms with Gasteiger partial charge in [0, 0.05) is 25.0 Å². The lowest BCUT2D eigenvalue weighted by Gasteiger charge is -2.18. The summed E-state index contributed by atoms with van der Waals surface area (Å²) in [5.41, 5.74) is 0.110. The van der Waals surface area contributed by atoms with Crippen molar-refractivity contribution in [1.29, 1.82) is 0 Å². The minimum absolute atomic E-state index is 0.110. The van der Waals surface area contributed by atoms with Crippen molar-refractivity contribution in [2.24, 2.45) is 0 Å². The number of nitrogens with zero attached hydrogens (tertiary/aromatic N) is 2. The Morgan fingerprint density at radius 3 is 2.06 bits per heavy atom. The first-order valence-electron chi connectivity index (χ1n) is 4.06. The maximum atomic E-state index is 10.9. The summed E-state index contributed by atoms with van der Waals surface area (Å²) in [4.78, 5) is 42.7. The molecule has 90 valence electrons. The minimum Gasteiger partial charge on any atom is -0.324 e. The van der Waals surface area contributed by atoms with Crippen LogP contribution in [0.1, 0.15) is 5.69 Å². The van der Waals surface area contributed by atoms with E-state index in [1.54, 1.807) is 0 Å². The molecule has 1 rings (SSSR count). The fraction of sp³-hybridized carbons (Fsp3) is 0.333. The monoisotopic (exact) mass is 268 g/mol. The molecular formula is C6H10N2O6P2. The summed E-state index contributed by atoms with van der Waals surface area (Å²) in [5.74, 6) is 0. The van der Waals surface area contributed by atoms with Crippen molar-refractivity contribution in [2.45, 2.75) is 11.8 Å². The molecule has 1 heterocycles. The lowest BCUT2D eigenvalue weighted by molar-refractivity contribution is 0.337. The predicted molar refractivity (Wildman–Crippen MR) is 53.6 cm³/mol. The van der Waals surface area contributed by atoms with Crippen LogP contribution in [0.3, 0.4) is 0 Å². The van der Waals surface area contributed by atoms with Crippen LogP contribution < -0.4 is 0 Å². The van der Waals surface area contributed by atoms with Crippen molar-refractivity contribution in [3.05, 3.63) is 24.3 Å². The van der Waals surface area contributed by atoms with E-state index >= 15 is 0 Å². The summed E-state index contributed by atoms with van der Waals surface area (Å²) in [5, 5.41) is -2.07. The highest BCUT2D eigenvalue weighted by Gasteiger charge is 2.43. The van der Waals surface area contributed by atoms with Crippen LogP contribution in [-0.2, 0) is 15.6 Å². The quantitative estimate of drug-likeness (QED) is 0.545. The van der Waals surface area contributed by atoms with E-state index in [1.165, 1.54) is 18.6 Å². The number of hydrogen-bond donors (Lipinski definition) is 4. The molecule has 0 aliphatic heterocycles. The second-order valence-corrected chi connectivity index (χ2v) is 7.07. The SMILES string of the molecule is O=P(O)(O)C(Cc1cnccn1)P(=O)(O)O. The van der Waals surface area contributed by atoms with Gasteiger partial charge in [-0.2, -0.15) is 0 Å². The highest BCUT2D eigenvalue weighted by atomic mass is 31.2.